The Morgan fingerprint density at radius 1 is 1.42 bits per heavy atom. The van der Waals surface area contributed by atoms with Crippen LogP contribution in [0.25, 0.3) is 0 Å². The van der Waals surface area contributed by atoms with Crippen molar-refractivity contribution >= 4 is 17.8 Å². The van der Waals surface area contributed by atoms with Crippen molar-refractivity contribution < 1.29 is 9.59 Å². The molecule has 0 fully saturated rings. The van der Waals surface area contributed by atoms with E-state index < -0.39 is 5.78 Å². The van der Waals surface area contributed by atoms with E-state index in [0.29, 0.717) is 17.5 Å². The average molecular weight is 163 g/mol. The zero-order chi connectivity index (χ0) is 8.97. The van der Waals surface area contributed by atoms with Crippen LogP contribution >= 0.6 is 0 Å². The number of hydrogen-bond donors (Lipinski definition) is 1. The zero-order valence-corrected chi connectivity index (χ0v) is 6.70. The number of benzene rings is 1. The van der Waals surface area contributed by atoms with Gasteiger partial charge in [0, 0.05) is 18.3 Å². The Morgan fingerprint density at radius 2 is 2.08 bits per heavy atom. The van der Waals surface area contributed by atoms with Crippen LogP contribution in [-0.4, -0.2) is 19.1 Å². The fraction of sp³-hybridized carbons (Fsp3) is 0.111. The van der Waals surface area contributed by atoms with Crippen LogP contribution < -0.4 is 5.32 Å². The Balaban J connectivity index is 3.13. The highest BCUT2D eigenvalue weighted by molar-refractivity contribution is 6.34. The normalized spacial score (nSPS) is 9.08. The number of para-hydroxylation sites is 1. The molecule has 1 aromatic rings. The largest absolute Gasteiger partial charge is 0.388 e. The Kier molecular flexibility index (Phi) is 2.58. The van der Waals surface area contributed by atoms with Gasteiger partial charge in [-0.05, 0) is 12.1 Å². The third-order valence-electron chi connectivity index (χ3n) is 1.57. The topological polar surface area (TPSA) is 46.2 Å². The number of nitrogens with one attached hydrogen (secondary N) is 1. The van der Waals surface area contributed by atoms with Crippen LogP contribution in [0.1, 0.15) is 10.4 Å². The maximum Gasteiger partial charge on any atom is 0.227 e. The van der Waals surface area contributed by atoms with Gasteiger partial charge in [-0.1, -0.05) is 12.1 Å². The summed E-state index contributed by atoms with van der Waals surface area (Å²) < 4.78 is 0. The lowest BCUT2D eigenvalue weighted by Crippen LogP contribution is -2.04. The lowest BCUT2D eigenvalue weighted by molar-refractivity contribution is -0.104. The number of carbonyl (C=O) groups is 2. The van der Waals surface area contributed by atoms with Crippen molar-refractivity contribution in [3.63, 3.8) is 0 Å². The van der Waals surface area contributed by atoms with Crippen LogP contribution in [0.4, 0.5) is 5.69 Å². The molecular formula is C9H9NO2. The van der Waals surface area contributed by atoms with Gasteiger partial charge >= 0.3 is 0 Å². The summed E-state index contributed by atoms with van der Waals surface area (Å²) in [5.41, 5.74) is 1.09. The van der Waals surface area contributed by atoms with Crippen LogP contribution in [0.15, 0.2) is 24.3 Å². The molecule has 3 heteroatoms. The molecule has 0 spiro atoms. The van der Waals surface area contributed by atoms with E-state index in [1.54, 1.807) is 31.3 Å². The van der Waals surface area contributed by atoms with E-state index in [0.717, 1.165) is 0 Å². The van der Waals surface area contributed by atoms with Crippen molar-refractivity contribution in [2.75, 3.05) is 12.4 Å². The Labute approximate surface area is 70.4 Å². The molecule has 12 heavy (non-hydrogen) atoms. The number of Topliss-reactive ketones (excluding diaryl/α,β-unsaturated/α-hetero) is 1. The highest BCUT2D eigenvalue weighted by Gasteiger charge is 2.07. The first-order valence-electron chi connectivity index (χ1n) is 3.56. The van der Waals surface area contributed by atoms with Gasteiger partial charge in [0.05, 0.1) is 0 Å². The molecule has 0 saturated carbocycles. The first-order chi connectivity index (χ1) is 5.79. The molecule has 0 saturated heterocycles. The molecule has 0 heterocycles. The maximum absolute atomic E-state index is 11.0. The van der Waals surface area contributed by atoms with Gasteiger partial charge in [-0.15, -0.1) is 0 Å². The van der Waals surface area contributed by atoms with E-state index in [2.05, 4.69) is 5.32 Å². The van der Waals surface area contributed by atoms with Gasteiger partial charge in [0.2, 0.25) is 5.78 Å². The minimum Gasteiger partial charge on any atom is -0.388 e. The molecule has 0 aliphatic carbocycles. The third kappa shape index (κ3) is 1.50. The molecule has 62 valence electrons. The molecule has 0 aliphatic heterocycles. The number of ketones is 1. The van der Waals surface area contributed by atoms with Crippen molar-refractivity contribution in [3.8, 4) is 0 Å². The van der Waals surface area contributed by atoms with E-state index in [4.69, 9.17) is 0 Å². The minimum absolute atomic E-state index is 0.316. The van der Waals surface area contributed by atoms with E-state index in [-0.39, 0.29) is 0 Å². The summed E-state index contributed by atoms with van der Waals surface area (Å²) in [4.78, 5) is 21.2. The minimum atomic E-state index is -0.500. The van der Waals surface area contributed by atoms with Crippen molar-refractivity contribution in [1.82, 2.24) is 0 Å². The van der Waals surface area contributed by atoms with Gasteiger partial charge < -0.3 is 5.32 Å². The molecule has 1 aromatic carbocycles. The average Bonchev–Trinajstić information content (AvgIpc) is 2.16. The second kappa shape index (κ2) is 3.67. The van der Waals surface area contributed by atoms with Crippen molar-refractivity contribution in [1.29, 1.82) is 0 Å². The zero-order valence-electron chi connectivity index (χ0n) is 6.70. The van der Waals surface area contributed by atoms with Crippen molar-refractivity contribution in [2.45, 2.75) is 0 Å². The van der Waals surface area contributed by atoms with Gasteiger partial charge in [-0.2, -0.15) is 0 Å². The number of anilines is 1. The molecule has 1 N–H and O–H groups in total. The highest BCUT2D eigenvalue weighted by Crippen LogP contribution is 2.13. The summed E-state index contributed by atoms with van der Waals surface area (Å²) in [6.45, 7) is 0. The summed E-state index contributed by atoms with van der Waals surface area (Å²) in [5, 5.41) is 2.83. The smallest absolute Gasteiger partial charge is 0.227 e. The second-order valence-corrected chi connectivity index (χ2v) is 2.28. The molecule has 0 aliphatic rings. The summed E-state index contributed by atoms with van der Waals surface area (Å²) >= 11 is 0. The summed E-state index contributed by atoms with van der Waals surface area (Å²) in [7, 11) is 1.71. The van der Waals surface area contributed by atoms with Crippen molar-refractivity contribution in [3.05, 3.63) is 29.8 Å². The quantitative estimate of drug-likeness (QED) is 0.412. The van der Waals surface area contributed by atoms with Gasteiger partial charge in [-0.3, -0.25) is 9.59 Å². The summed E-state index contributed by atoms with van der Waals surface area (Å²) in [5.74, 6) is -0.500. The molecule has 0 radical (unpaired) electrons. The maximum atomic E-state index is 11.0. The van der Waals surface area contributed by atoms with Gasteiger partial charge in [0.1, 0.15) is 0 Å². The fourth-order valence-electron chi connectivity index (χ4n) is 0.979. The summed E-state index contributed by atoms with van der Waals surface area (Å²) in [6.07, 6.45) is 0.316. The fourth-order valence-corrected chi connectivity index (χ4v) is 0.979. The molecule has 0 atom stereocenters. The highest BCUT2D eigenvalue weighted by atomic mass is 16.2. The number of aldehydes is 1. The first kappa shape index (κ1) is 8.46. The van der Waals surface area contributed by atoms with Crippen LogP contribution in [-0.2, 0) is 4.79 Å². The molecular weight excluding hydrogens is 154 g/mol. The molecule has 1 rings (SSSR count). The number of carbonyl (C=O) groups excluding carboxylic acids is 2. The monoisotopic (exact) mass is 163 g/mol. The third-order valence-corrected chi connectivity index (χ3v) is 1.57. The number of rotatable bonds is 3. The standard InChI is InChI=1S/C9H9NO2/c1-10-8-5-3-2-4-7(8)9(12)6-11/h2-6,10H,1H3. The van der Waals surface area contributed by atoms with Crippen LogP contribution in [0.2, 0.25) is 0 Å². The molecule has 0 aromatic heterocycles. The SMILES string of the molecule is CNc1ccccc1C(=O)C=O. The molecule has 0 bridgehead atoms. The van der Waals surface area contributed by atoms with Gasteiger partial charge in [0.15, 0.2) is 6.29 Å². The predicted octanol–water partition coefficient (Wildman–Crippen LogP) is 1.11. The lowest BCUT2D eigenvalue weighted by atomic mass is 10.1. The molecule has 0 amide bonds. The second-order valence-electron chi connectivity index (χ2n) is 2.28. The van der Waals surface area contributed by atoms with E-state index in [1.165, 1.54) is 0 Å². The van der Waals surface area contributed by atoms with Crippen LogP contribution in [0, 0.1) is 0 Å². The Hall–Kier alpha value is -1.64. The van der Waals surface area contributed by atoms with Gasteiger partial charge in [-0.25, -0.2) is 0 Å². The number of hydrogen-bond acceptors (Lipinski definition) is 3. The van der Waals surface area contributed by atoms with E-state index in [1.807, 2.05) is 0 Å². The molecule has 3 nitrogen and oxygen atoms in total. The van der Waals surface area contributed by atoms with Crippen LogP contribution in [0.5, 0.6) is 0 Å². The molecule has 0 unspecified atom stereocenters. The Bertz CT molecular complexity index is 307. The summed E-state index contributed by atoms with van der Waals surface area (Å²) in [6, 6.07) is 6.88. The van der Waals surface area contributed by atoms with E-state index >= 15 is 0 Å². The van der Waals surface area contributed by atoms with Gasteiger partial charge in [0.25, 0.3) is 0 Å². The first-order valence-corrected chi connectivity index (χ1v) is 3.56. The predicted molar refractivity (Wildman–Crippen MR) is 46.4 cm³/mol. The lowest BCUT2D eigenvalue weighted by Gasteiger charge is -2.03. The van der Waals surface area contributed by atoms with Crippen LogP contribution in [0.3, 0.4) is 0 Å². The van der Waals surface area contributed by atoms with E-state index in [9.17, 15) is 9.59 Å². The van der Waals surface area contributed by atoms with Crippen molar-refractivity contribution in [2.24, 2.45) is 0 Å². The Morgan fingerprint density at radius 3 is 2.67 bits per heavy atom.